The summed E-state index contributed by atoms with van der Waals surface area (Å²) >= 11 is 0. The van der Waals surface area contributed by atoms with Crippen LogP contribution in [0.3, 0.4) is 0 Å². The predicted octanol–water partition coefficient (Wildman–Crippen LogP) is 5.39. The first-order valence-corrected chi connectivity index (χ1v) is 13.0. The van der Waals surface area contributed by atoms with E-state index in [2.05, 4.69) is 42.5 Å². The number of fused-ring (bicyclic) bond motifs is 1. The van der Waals surface area contributed by atoms with Crippen LogP contribution < -0.4 is 5.32 Å². The van der Waals surface area contributed by atoms with Crippen LogP contribution in [0.15, 0.2) is 60.3 Å². The lowest BCUT2D eigenvalue weighted by Gasteiger charge is -2.39. The molecule has 2 atom stereocenters. The summed E-state index contributed by atoms with van der Waals surface area (Å²) in [4.78, 5) is 12.1. The smallest absolute Gasteiger partial charge is 0.223 e. The van der Waals surface area contributed by atoms with E-state index >= 15 is 0 Å². The second kappa shape index (κ2) is 10.0. The summed E-state index contributed by atoms with van der Waals surface area (Å²) in [5, 5.41) is 19.1. The summed E-state index contributed by atoms with van der Waals surface area (Å²) in [6.45, 7) is 4.80. The van der Waals surface area contributed by atoms with Gasteiger partial charge in [0.15, 0.2) is 0 Å². The number of amides is 1. The highest BCUT2D eigenvalue weighted by Gasteiger charge is 2.40. The highest BCUT2D eigenvalue weighted by Crippen LogP contribution is 2.44. The average Bonchev–Trinajstić information content (AvgIpc) is 3.67. The molecule has 188 valence electrons. The molecule has 5 rings (SSSR count). The SMILES string of the molecule is CCC1=Cc2c(cnn2-c2ccc(F)cc2)CC1(C)[C@@H](O)CCc1ccccc1CNC(=O)C1CC1. The van der Waals surface area contributed by atoms with Crippen molar-refractivity contribution >= 4 is 12.0 Å². The fourth-order valence-corrected chi connectivity index (χ4v) is 5.40. The highest BCUT2D eigenvalue weighted by molar-refractivity contribution is 5.80. The van der Waals surface area contributed by atoms with Crippen molar-refractivity contribution in [3.63, 3.8) is 0 Å². The summed E-state index contributed by atoms with van der Waals surface area (Å²) < 4.78 is 15.3. The van der Waals surface area contributed by atoms with E-state index < -0.39 is 11.5 Å². The van der Waals surface area contributed by atoms with E-state index in [1.54, 1.807) is 12.1 Å². The van der Waals surface area contributed by atoms with Gasteiger partial charge in [0, 0.05) is 17.9 Å². The van der Waals surface area contributed by atoms with Gasteiger partial charge in [-0.05, 0) is 85.6 Å². The minimum atomic E-state index is -0.528. The van der Waals surface area contributed by atoms with Gasteiger partial charge >= 0.3 is 0 Å². The third-order valence-corrected chi connectivity index (χ3v) is 7.88. The normalized spacial score (nSPS) is 19.9. The number of nitrogens with one attached hydrogen (secondary N) is 1. The Labute approximate surface area is 212 Å². The first-order chi connectivity index (χ1) is 17.4. The van der Waals surface area contributed by atoms with Gasteiger partial charge in [-0.3, -0.25) is 4.79 Å². The quantitative estimate of drug-likeness (QED) is 0.425. The first-order valence-electron chi connectivity index (χ1n) is 13.0. The summed E-state index contributed by atoms with van der Waals surface area (Å²) in [6.07, 6.45) is 8.37. The fourth-order valence-electron chi connectivity index (χ4n) is 5.40. The van der Waals surface area contributed by atoms with Crippen LogP contribution in [-0.4, -0.2) is 26.9 Å². The van der Waals surface area contributed by atoms with E-state index in [9.17, 15) is 14.3 Å². The third-order valence-electron chi connectivity index (χ3n) is 7.88. The zero-order valence-corrected chi connectivity index (χ0v) is 21.0. The number of rotatable bonds is 9. The summed E-state index contributed by atoms with van der Waals surface area (Å²) in [5.74, 6) is 0.0724. The van der Waals surface area contributed by atoms with Crippen molar-refractivity contribution in [1.82, 2.24) is 15.1 Å². The van der Waals surface area contributed by atoms with Crippen LogP contribution in [0.25, 0.3) is 11.8 Å². The molecule has 5 nitrogen and oxygen atoms in total. The molecule has 1 amide bonds. The van der Waals surface area contributed by atoms with Crippen molar-refractivity contribution in [2.24, 2.45) is 11.3 Å². The van der Waals surface area contributed by atoms with Crippen molar-refractivity contribution in [1.29, 1.82) is 0 Å². The maximum absolute atomic E-state index is 13.4. The van der Waals surface area contributed by atoms with Gasteiger partial charge in [-0.2, -0.15) is 5.10 Å². The monoisotopic (exact) mass is 487 g/mol. The van der Waals surface area contributed by atoms with Gasteiger partial charge in [0.25, 0.3) is 0 Å². The highest BCUT2D eigenvalue weighted by atomic mass is 19.1. The summed E-state index contributed by atoms with van der Waals surface area (Å²) in [6, 6.07) is 14.5. The number of aryl methyl sites for hydroxylation is 1. The Morgan fingerprint density at radius 2 is 1.92 bits per heavy atom. The van der Waals surface area contributed by atoms with Gasteiger partial charge in [-0.25, -0.2) is 9.07 Å². The van der Waals surface area contributed by atoms with Gasteiger partial charge in [-0.15, -0.1) is 0 Å². The first kappa shape index (κ1) is 24.4. The minimum absolute atomic E-state index is 0.147. The molecular weight excluding hydrogens is 453 g/mol. The molecule has 1 saturated carbocycles. The third kappa shape index (κ3) is 4.87. The lowest BCUT2D eigenvalue weighted by atomic mass is 9.67. The molecular formula is C30H34FN3O2. The number of aliphatic hydroxyl groups is 1. The second-order valence-corrected chi connectivity index (χ2v) is 10.4. The largest absolute Gasteiger partial charge is 0.392 e. The standard InChI is InChI=1S/C30H34FN3O2/c1-3-24-16-27-23(19-33-34(27)26-13-11-25(31)12-14-26)17-30(24,2)28(35)15-10-20-6-4-5-7-22(20)18-32-29(36)21-8-9-21/h4-7,11-14,16,19,21,28,35H,3,8-10,15,17-18H2,1-2H3,(H,32,36)/t28-,30?/m0/s1. The Kier molecular flexibility index (Phi) is 6.80. The van der Waals surface area contributed by atoms with Crippen LogP contribution >= 0.6 is 0 Å². The average molecular weight is 488 g/mol. The van der Waals surface area contributed by atoms with Crippen LogP contribution in [0.5, 0.6) is 0 Å². The lowest BCUT2D eigenvalue weighted by Crippen LogP contribution is -2.38. The molecule has 1 fully saturated rings. The molecule has 2 N–H and O–H groups in total. The number of nitrogens with zero attached hydrogens (tertiary/aromatic N) is 2. The van der Waals surface area contributed by atoms with Crippen LogP contribution in [0.1, 0.15) is 61.9 Å². The Balaban J connectivity index is 1.31. The molecule has 1 aromatic heterocycles. The van der Waals surface area contributed by atoms with Gasteiger partial charge < -0.3 is 10.4 Å². The van der Waals surface area contributed by atoms with Crippen molar-refractivity contribution in [2.45, 2.75) is 65.0 Å². The van der Waals surface area contributed by atoms with Gasteiger partial charge in [0.2, 0.25) is 5.91 Å². The van der Waals surface area contributed by atoms with Crippen molar-refractivity contribution in [3.8, 4) is 5.69 Å². The number of benzene rings is 2. The molecule has 0 aliphatic heterocycles. The maximum atomic E-state index is 13.4. The Bertz CT molecular complexity index is 1280. The van der Waals surface area contributed by atoms with Crippen LogP contribution in [0.2, 0.25) is 0 Å². The fraction of sp³-hybridized carbons (Fsp3) is 0.400. The zero-order valence-electron chi connectivity index (χ0n) is 21.0. The van der Waals surface area contributed by atoms with Crippen molar-refractivity contribution in [2.75, 3.05) is 0 Å². The van der Waals surface area contributed by atoms with E-state index in [1.165, 1.54) is 23.3 Å². The lowest BCUT2D eigenvalue weighted by molar-refractivity contribution is -0.122. The van der Waals surface area contributed by atoms with E-state index in [0.717, 1.165) is 48.2 Å². The number of aliphatic hydroxyl groups excluding tert-OH is 1. The van der Waals surface area contributed by atoms with Crippen LogP contribution in [0.4, 0.5) is 4.39 Å². The number of hydrogen-bond acceptors (Lipinski definition) is 3. The second-order valence-electron chi connectivity index (χ2n) is 10.4. The molecule has 2 aromatic carbocycles. The van der Waals surface area contributed by atoms with E-state index in [4.69, 9.17) is 0 Å². The Morgan fingerprint density at radius 1 is 1.19 bits per heavy atom. The molecule has 0 radical (unpaired) electrons. The topological polar surface area (TPSA) is 67.2 Å². The minimum Gasteiger partial charge on any atom is -0.392 e. The Hall–Kier alpha value is -3.25. The molecule has 3 aromatic rings. The summed E-state index contributed by atoms with van der Waals surface area (Å²) in [7, 11) is 0. The van der Waals surface area contributed by atoms with E-state index in [1.807, 2.05) is 23.0 Å². The van der Waals surface area contributed by atoms with Gasteiger partial charge in [0.1, 0.15) is 5.82 Å². The summed E-state index contributed by atoms with van der Waals surface area (Å²) in [5.41, 5.74) is 5.98. The molecule has 2 aliphatic rings. The van der Waals surface area contributed by atoms with Crippen LogP contribution in [-0.2, 0) is 24.2 Å². The molecule has 1 unspecified atom stereocenters. The number of hydrogen-bond donors (Lipinski definition) is 2. The molecule has 0 spiro atoms. The van der Waals surface area contributed by atoms with Gasteiger partial charge in [-0.1, -0.05) is 43.7 Å². The molecule has 0 saturated heterocycles. The van der Waals surface area contributed by atoms with E-state index in [-0.39, 0.29) is 17.6 Å². The molecule has 36 heavy (non-hydrogen) atoms. The number of carbonyl (C=O) groups excluding carboxylic acids is 1. The molecule has 0 bridgehead atoms. The Morgan fingerprint density at radius 3 is 2.61 bits per heavy atom. The number of carbonyl (C=O) groups is 1. The van der Waals surface area contributed by atoms with Crippen molar-refractivity contribution in [3.05, 3.63) is 88.5 Å². The van der Waals surface area contributed by atoms with Crippen molar-refractivity contribution < 1.29 is 14.3 Å². The number of aromatic nitrogens is 2. The van der Waals surface area contributed by atoms with E-state index in [0.29, 0.717) is 19.4 Å². The molecule has 6 heteroatoms. The predicted molar refractivity (Wildman–Crippen MR) is 139 cm³/mol. The molecule has 1 heterocycles. The molecule has 2 aliphatic carbocycles. The van der Waals surface area contributed by atoms with Gasteiger partial charge in [0.05, 0.1) is 23.7 Å². The zero-order chi connectivity index (χ0) is 25.3. The van der Waals surface area contributed by atoms with Crippen LogP contribution in [0, 0.1) is 17.2 Å². The number of halogens is 1. The maximum Gasteiger partial charge on any atom is 0.223 e.